The number of ether oxygens (including phenoxy) is 2. The number of carbonyl (C=O) groups excluding carboxylic acids is 1. The van der Waals surface area contributed by atoms with E-state index in [0.29, 0.717) is 16.9 Å². The standard InChI is InChI=1S/C21H18O5/c1-12-7-9-13(10-8-12)17-15(20(22)24-2)11-25-19-14-5-3-4-6-16(14)26-21(23)18(17)19/h3-10,15,17H,11H2,1-2H3/t15-,17+/m1/s1. The van der Waals surface area contributed by atoms with Crippen molar-refractivity contribution in [3.8, 4) is 5.75 Å². The maximum atomic E-state index is 12.8. The molecule has 1 aromatic heterocycles. The highest BCUT2D eigenvalue weighted by Gasteiger charge is 2.41. The molecule has 0 fully saturated rings. The molecule has 2 aromatic carbocycles. The number of carbonyl (C=O) groups is 1. The fourth-order valence-corrected chi connectivity index (χ4v) is 3.56. The topological polar surface area (TPSA) is 65.7 Å². The predicted octanol–water partition coefficient (Wildman–Crippen LogP) is 3.41. The highest BCUT2D eigenvalue weighted by Crippen LogP contribution is 2.43. The molecule has 0 unspecified atom stereocenters. The van der Waals surface area contributed by atoms with Crippen LogP contribution in [-0.2, 0) is 9.53 Å². The van der Waals surface area contributed by atoms with Crippen LogP contribution in [0.2, 0.25) is 0 Å². The Hall–Kier alpha value is -3.08. The van der Waals surface area contributed by atoms with Crippen molar-refractivity contribution in [1.29, 1.82) is 0 Å². The minimum Gasteiger partial charge on any atom is -0.491 e. The van der Waals surface area contributed by atoms with Crippen molar-refractivity contribution >= 4 is 16.9 Å². The van der Waals surface area contributed by atoms with Crippen molar-refractivity contribution in [1.82, 2.24) is 0 Å². The average molecular weight is 350 g/mol. The van der Waals surface area contributed by atoms with Crippen molar-refractivity contribution in [2.24, 2.45) is 5.92 Å². The van der Waals surface area contributed by atoms with E-state index >= 15 is 0 Å². The second-order valence-electron chi connectivity index (χ2n) is 6.46. The number of esters is 1. The molecule has 4 rings (SSSR count). The van der Waals surface area contributed by atoms with Gasteiger partial charge < -0.3 is 13.9 Å². The molecule has 0 amide bonds. The van der Waals surface area contributed by atoms with E-state index in [1.165, 1.54) is 7.11 Å². The molecule has 1 aliphatic rings. The van der Waals surface area contributed by atoms with Crippen LogP contribution < -0.4 is 10.4 Å². The van der Waals surface area contributed by atoms with E-state index in [0.717, 1.165) is 16.5 Å². The fraction of sp³-hybridized carbons (Fsp3) is 0.238. The van der Waals surface area contributed by atoms with Crippen molar-refractivity contribution < 1.29 is 18.7 Å². The van der Waals surface area contributed by atoms with Crippen LogP contribution in [0.25, 0.3) is 11.0 Å². The van der Waals surface area contributed by atoms with Crippen molar-refractivity contribution in [2.75, 3.05) is 13.7 Å². The van der Waals surface area contributed by atoms with Gasteiger partial charge in [-0.1, -0.05) is 42.0 Å². The first-order valence-corrected chi connectivity index (χ1v) is 8.43. The summed E-state index contributed by atoms with van der Waals surface area (Å²) in [6.45, 7) is 2.13. The smallest absolute Gasteiger partial charge is 0.343 e. The second-order valence-corrected chi connectivity index (χ2v) is 6.46. The lowest BCUT2D eigenvalue weighted by molar-refractivity contribution is -0.147. The molecule has 0 aliphatic carbocycles. The summed E-state index contributed by atoms with van der Waals surface area (Å²) in [7, 11) is 1.34. The number of benzene rings is 2. The molecule has 5 nitrogen and oxygen atoms in total. The zero-order valence-corrected chi connectivity index (χ0v) is 14.5. The predicted molar refractivity (Wildman–Crippen MR) is 96.5 cm³/mol. The molecule has 2 atom stereocenters. The zero-order chi connectivity index (χ0) is 18.3. The maximum absolute atomic E-state index is 12.8. The van der Waals surface area contributed by atoms with Gasteiger partial charge in [0.25, 0.3) is 0 Å². The van der Waals surface area contributed by atoms with Crippen molar-refractivity contribution in [3.63, 3.8) is 0 Å². The first kappa shape index (κ1) is 16.4. The van der Waals surface area contributed by atoms with Crippen LogP contribution in [0, 0.1) is 12.8 Å². The number of hydrogen-bond acceptors (Lipinski definition) is 5. The number of aryl methyl sites for hydroxylation is 1. The Bertz CT molecular complexity index is 1030. The van der Waals surface area contributed by atoms with Gasteiger partial charge in [-0.2, -0.15) is 0 Å². The Morgan fingerprint density at radius 2 is 1.85 bits per heavy atom. The summed E-state index contributed by atoms with van der Waals surface area (Å²) in [4.78, 5) is 25.2. The lowest BCUT2D eigenvalue weighted by atomic mass is 9.79. The summed E-state index contributed by atoms with van der Waals surface area (Å²) in [6.07, 6.45) is 0. The molecule has 1 aliphatic heterocycles. The van der Waals surface area contributed by atoms with Crippen LogP contribution in [0.4, 0.5) is 0 Å². The van der Waals surface area contributed by atoms with Gasteiger partial charge in [0.2, 0.25) is 0 Å². The average Bonchev–Trinajstić information content (AvgIpc) is 2.67. The highest BCUT2D eigenvalue weighted by molar-refractivity contribution is 5.86. The van der Waals surface area contributed by atoms with Crippen LogP contribution in [0.15, 0.2) is 57.7 Å². The Kier molecular flexibility index (Phi) is 3.99. The minimum atomic E-state index is -0.612. The Morgan fingerprint density at radius 1 is 1.12 bits per heavy atom. The second kappa shape index (κ2) is 6.33. The lowest BCUT2D eigenvalue weighted by Gasteiger charge is -2.31. The molecular weight excluding hydrogens is 332 g/mol. The first-order valence-electron chi connectivity index (χ1n) is 8.43. The van der Waals surface area contributed by atoms with E-state index in [2.05, 4.69) is 0 Å². The lowest BCUT2D eigenvalue weighted by Crippen LogP contribution is -2.36. The molecule has 0 radical (unpaired) electrons. The van der Waals surface area contributed by atoms with Gasteiger partial charge in [0.05, 0.1) is 18.1 Å². The molecule has 2 heterocycles. The van der Waals surface area contributed by atoms with Crippen molar-refractivity contribution in [3.05, 3.63) is 75.6 Å². The van der Waals surface area contributed by atoms with E-state index < -0.39 is 23.4 Å². The van der Waals surface area contributed by atoms with Gasteiger partial charge in [0, 0.05) is 5.92 Å². The zero-order valence-electron chi connectivity index (χ0n) is 14.5. The van der Waals surface area contributed by atoms with Crippen molar-refractivity contribution in [2.45, 2.75) is 12.8 Å². The molecule has 0 spiro atoms. The molecule has 26 heavy (non-hydrogen) atoms. The molecule has 0 bridgehead atoms. The minimum absolute atomic E-state index is 0.145. The third kappa shape index (κ3) is 2.56. The third-order valence-corrected chi connectivity index (χ3v) is 4.86. The van der Waals surface area contributed by atoms with E-state index in [1.807, 2.05) is 43.3 Å². The van der Waals surface area contributed by atoms with E-state index in [1.54, 1.807) is 12.1 Å². The summed E-state index contributed by atoms with van der Waals surface area (Å²) in [5.74, 6) is -1.01. The van der Waals surface area contributed by atoms with Crippen LogP contribution >= 0.6 is 0 Å². The Morgan fingerprint density at radius 3 is 2.58 bits per heavy atom. The summed E-state index contributed by atoms with van der Waals surface area (Å²) >= 11 is 0. The first-order chi connectivity index (χ1) is 12.6. The Balaban J connectivity index is 1.99. The van der Waals surface area contributed by atoms with Crippen LogP contribution in [0.3, 0.4) is 0 Å². The summed E-state index contributed by atoms with van der Waals surface area (Å²) in [5, 5.41) is 0.725. The number of rotatable bonds is 2. The number of hydrogen-bond donors (Lipinski definition) is 0. The van der Waals surface area contributed by atoms with Gasteiger partial charge in [-0.15, -0.1) is 0 Å². The summed E-state index contributed by atoms with van der Waals surface area (Å²) in [6, 6.07) is 15.0. The molecule has 132 valence electrons. The maximum Gasteiger partial charge on any atom is 0.343 e. The monoisotopic (exact) mass is 350 g/mol. The van der Waals surface area contributed by atoms with E-state index in [9.17, 15) is 9.59 Å². The van der Waals surface area contributed by atoms with E-state index in [4.69, 9.17) is 13.9 Å². The third-order valence-electron chi connectivity index (χ3n) is 4.86. The SMILES string of the molecule is COC(=O)[C@@H]1COc2c(c(=O)oc3ccccc23)[C@H]1c1ccc(C)cc1. The van der Waals surface area contributed by atoms with Crippen LogP contribution in [0.1, 0.15) is 22.6 Å². The fourth-order valence-electron chi connectivity index (χ4n) is 3.56. The molecule has 0 N–H and O–H groups in total. The number of para-hydroxylation sites is 1. The molecular formula is C21H18O5. The van der Waals surface area contributed by atoms with Gasteiger partial charge in [0.15, 0.2) is 0 Å². The van der Waals surface area contributed by atoms with Gasteiger partial charge >= 0.3 is 11.6 Å². The summed E-state index contributed by atoms with van der Waals surface area (Å²) in [5.41, 5.74) is 2.31. The number of methoxy groups -OCH3 is 1. The van der Waals surface area contributed by atoms with Crippen LogP contribution in [-0.4, -0.2) is 19.7 Å². The molecule has 0 saturated heterocycles. The number of fused-ring (bicyclic) bond motifs is 3. The van der Waals surface area contributed by atoms with Gasteiger partial charge in [-0.3, -0.25) is 4.79 Å². The summed E-state index contributed by atoms with van der Waals surface area (Å²) < 4.78 is 16.3. The molecule has 5 heteroatoms. The largest absolute Gasteiger partial charge is 0.491 e. The van der Waals surface area contributed by atoms with Gasteiger partial charge in [-0.25, -0.2) is 4.79 Å². The van der Waals surface area contributed by atoms with Crippen LogP contribution in [0.5, 0.6) is 5.75 Å². The van der Waals surface area contributed by atoms with Gasteiger partial charge in [0.1, 0.15) is 23.9 Å². The normalized spacial score (nSPS) is 18.8. The quantitative estimate of drug-likeness (QED) is 0.523. The van der Waals surface area contributed by atoms with E-state index in [-0.39, 0.29) is 6.61 Å². The van der Waals surface area contributed by atoms with Gasteiger partial charge in [-0.05, 0) is 24.6 Å². The Labute approximate surface area is 150 Å². The highest BCUT2D eigenvalue weighted by atomic mass is 16.5. The molecule has 3 aromatic rings. The molecule has 0 saturated carbocycles.